The van der Waals surface area contributed by atoms with E-state index in [-0.39, 0.29) is 24.9 Å². The molecule has 5 nitrogen and oxygen atoms in total. The van der Waals surface area contributed by atoms with Gasteiger partial charge in [-0.1, -0.05) is 13.8 Å². The molecular weight excluding hydrogens is 242 g/mol. The maximum Gasteiger partial charge on any atom is 0.214 e. The molecule has 1 N–H and O–H groups in total. The maximum absolute atomic E-state index is 12.1. The number of hydrogen-bond donors (Lipinski definition) is 1. The first-order valence-electron chi connectivity index (χ1n) is 6.12. The molecule has 17 heavy (non-hydrogen) atoms. The van der Waals surface area contributed by atoms with Crippen LogP contribution in [0.2, 0.25) is 0 Å². The second-order valence-corrected chi connectivity index (χ2v) is 6.01. The second-order valence-electron chi connectivity index (χ2n) is 3.97. The summed E-state index contributed by atoms with van der Waals surface area (Å²) < 4.78 is 30.5. The van der Waals surface area contributed by atoms with Crippen LogP contribution in [0.1, 0.15) is 33.1 Å². The smallest absolute Gasteiger partial charge is 0.214 e. The van der Waals surface area contributed by atoms with E-state index in [2.05, 4.69) is 0 Å². The minimum Gasteiger partial charge on any atom is -0.395 e. The number of ether oxygens (including phenoxy) is 1. The standard InChI is InChI=1S/C11H25NO4S/c1-4-11(5-2)12(7-8-13)17(14,15)10-6-9-16-3/h11,13H,4-10H2,1-3H3. The molecule has 6 heteroatoms. The summed E-state index contributed by atoms with van der Waals surface area (Å²) in [7, 11) is -1.73. The fourth-order valence-corrected chi connectivity index (χ4v) is 3.68. The fraction of sp³-hybridized carbons (Fsp3) is 1.00. The van der Waals surface area contributed by atoms with Gasteiger partial charge in [0.2, 0.25) is 10.0 Å². The normalized spacial score (nSPS) is 12.6. The molecule has 0 unspecified atom stereocenters. The Morgan fingerprint density at radius 2 is 1.88 bits per heavy atom. The summed E-state index contributed by atoms with van der Waals surface area (Å²) in [5, 5.41) is 8.98. The van der Waals surface area contributed by atoms with Crippen molar-refractivity contribution in [2.75, 3.05) is 32.6 Å². The van der Waals surface area contributed by atoms with E-state index in [1.807, 2.05) is 13.8 Å². The topological polar surface area (TPSA) is 66.8 Å². The Bertz CT molecular complexity index is 275. The van der Waals surface area contributed by atoms with E-state index >= 15 is 0 Å². The summed E-state index contributed by atoms with van der Waals surface area (Å²) in [5.41, 5.74) is 0. The molecule has 0 aliphatic heterocycles. The highest BCUT2D eigenvalue weighted by Crippen LogP contribution is 2.14. The average molecular weight is 267 g/mol. The molecule has 0 aromatic carbocycles. The molecule has 0 saturated carbocycles. The van der Waals surface area contributed by atoms with Crippen LogP contribution in [0.3, 0.4) is 0 Å². The van der Waals surface area contributed by atoms with Gasteiger partial charge in [0.1, 0.15) is 0 Å². The largest absolute Gasteiger partial charge is 0.395 e. The summed E-state index contributed by atoms with van der Waals surface area (Å²) in [6.45, 7) is 4.41. The zero-order valence-electron chi connectivity index (χ0n) is 11.1. The maximum atomic E-state index is 12.1. The summed E-state index contributed by atoms with van der Waals surface area (Å²) in [6.07, 6.45) is 2.01. The number of aliphatic hydroxyl groups excluding tert-OH is 1. The lowest BCUT2D eigenvalue weighted by Gasteiger charge is -2.29. The van der Waals surface area contributed by atoms with Crippen molar-refractivity contribution < 1.29 is 18.3 Å². The van der Waals surface area contributed by atoms with Gasteiger partial charge in [-0.3, -0.25) is 0 Å². The Hall–Kier alpha value is -0.170. The van der Waals surface area contributed by atoms with Crippen LogP contribution in [0.25, 0.3) is 0 Å². The van der Waals surface area contributed by atoms with Gasteiger partial charge in [-0.15, -0.1) is 0 Å². The number of methoxy groups -OCH3 is 1. The molecule has 0 saturated heterocycles. The molecule has 0 aliphatic rings. The number of rotatable bonds is 10. The third-order valence-corrected chi connectivity index (χ3v) is 4.78. The van der Waals surface area contributed by atoms with E-state index < -0.39 is 10.0 Å². The van der Waals surface area contributed by atoms with Gasteiger partial charge in [-0.05, 0) is 19.3 Å². The van der Waals surface area contributed by atoms with Crippen LogP contribution in [0, 0.1) is 0 Å². The minimum atomic E-state index is -3.29. The van der Waals surface area contributed by atoms with Crippen LogP contribution >= 0.6 is 0 Å². The Kier molecular flexibility index (Phi) is 8.77. The van der Waals surface area contributed by atoms with Crippen LogP contribution in [0.4, 0.5) is 0 Å². The van der Waals surface area contributed by atoms with Crippen molar-refractivity contribution >= 4 is 10.0 Å². The number of hydrogen-bond acceptors (Lipinski definition) is 4. The van der Waals surface area contributed by atoms with Gasteiger partial charge in [0, 0.05) is 26.3 Å². The van der Waals surface area contributed by atoms with E-state index in [0.717, 1.165) is 12.8 Å². The summed E-state index contributed by atoms with van der Waals surface area (Å²) in [6, 6.07) is -0.0188. The van der Waals surface area contributed by atoms with Crippen LogP contribution in [-0.4, -0.2) is 56.5 Å². The molecule has 0 aromatic heterocycles. The molecule has 0 aliphatic carbocycles. The van der Waals surface area contributed by atoms with Crippen molar-refractivity contribution in [1.29, 1.82) is 0 Å². The van der Waals surface area contributed by atoms with Crippen LogP contribution < -0.4 is 0 Å². The van der Waals surface area contributed by atoms with Crippen LogP contribution in [0.15, 0.2) is 0 Å². The lowest BCUT2D eigenvalue weighted by atomic mass is 10.2. The first-order chi connectivity index (χ1) is 8.03. The van der Waals surface area contributed by atoms with Crippen LogP contribution in [0.5, 0.6) is 0 Å². The molecule has 0 amide bonds. The molecule has 0 radical (unpaired) electrons. The summed E-state index contributed by atoms with van der Waals surface area (Å²) in [5.74, 6) is 0.0807. The molecule has 0 fully saturated rings. The Morgan fingerprint density at radius 1 is 1.29 bits per heavy atom. The quantitative estimate of drug-likeness (QED) is 0.596. The van der Waals surface area contributed by atoms with E-state index in [4.69, 9.17) is 9.84 Å². The van der Waals surface area contributed by atoms with Gasteiger partial charge in [0.15, 0.2) is 0 Å². The first-order valence-corrected chi connectivity index (χ1v) is 7.73. The molecule has 0 spiro atoms. The Morgan fingerprint density at radius 3 is 2.29 bits per heavy atom. The summed E-state index contributed by atoms with van der Waals surface area (Å²) >= 11 is 0. The number of nitrogens with zero attached hydrogens (tertiary/aromatic N) is 1. The second kappa shape index (κ2) is 8.85. The van der Waals surface area contributed by atoms with E-state index in [1.165, 1.54) is 4.31 Å². The van der Waals surface area contributed by atoms with Gasteiger partial charge in [0.25, 0.3) is 0 Å². The highest BCUT2D eigenvalue weighted by molar-refractivity contribution is 7.89. The molecule has 0 atom stereocenters. The zero-order chi connectivity index (χ0) is 13.3. The van der Waals surface area contributed by atoms with Crippen molar-refractivity contribution in [3.05, 3.63) is 0 Å². The third-order valence-electron chi connectivity index (χ3n) is 2.78. The van der Waals surface area contributed by atoms with E-state index in [0.29, 0.717) is 13.0 Å². The Labute approximate surface area is 105 Å². The first kappa shape index (κ1) is 16.8. The molecule has 0 bridgehead atoms. The lowest BCUT2D eigenvalue weighted by Crippen LogP contribution is -2.42. The SMILES string of the molecule is CCC(CC)N(CCO)S(=O)(=O)CCCOC. The van der Waals surface area contributed by atoms with Crippen molar-refractivity contribution in [2.45, 2.75) is 39.2 Å². The predicted molar refractivity (Wildman–Crippen MR) is 68.4 cm³/mol. The predicted octanol–water partition coefficient (Wildman–Crippen LogP) is 0.836. The molecule has 104 valence electrons. The monoisotopic (exact) mass is 267 g/mol. The van der Waals surface area contributed by atoms with Crippen molar-refractivity contribution in [1.82, 2.24) is 4.31 Å². The fourth-order valence-electron chi connectivity index (χ4n) is 1.85. The van der Waals surface area contributed by atoms with Gasteiger partial charge in [-0.2, -0.15) is 4.31 Å². The van der Waals surface area contributed by atoms with Crippen LogP contribution in [-0.2, 0) is 14.8 Å². The van der Waals surface area contributed by atoms with Crippen molar-refractivity contribution in [2.24, 2.45) is 0 Å². The Balaban J connectivity index is 4.65. The van der Waals surface area contributed by atoms with E-state index in [1.54, 1.807) is 7.11 Å². The van der Waals surface area contributed by atoms with Crippen molar-refractivity contribution in [3.8, 4) is 0 Å². The highest BCUT2D eigenvalue weighted by atomic mass is 32.2. The average Bonchev–Trinajstić information content (AvgIpc) is 2.29. The lowest BCUT2D eigenvalue weighted by molar-refractivity contribution is 0.197. The van der Waals surface area contributed by atoms with Crippen molar-refractivity contribution in [3.63, 3.8) is 0 Å². The number of aliphatic hydroxyl groups is 1. The zero-order valence-corrected chi connectivity index (χ0v) is 11.9. The van der Waals surface area contributed by atoms with Gasteiger partial charge >= 0.3 is 0 Å². The third kappa shape index (κ3) is 5.81. The molecule has 0 rings (SSSR count). The minimum absolute atomic E-state index is 0.0188. The van der Waals surface area contributed by atoms with E-state index in [9.17, 15) is 8.42 Å². The molecule has 0 heterocycles. The molecular formula is C11H25NO4S. The molecule has 0 aromatic rings. The van der Waals surface area contributed by atoms with Gasteiger partial charge in [0.05, 0.1) is 12.4 Å². The number of sulfonamides is 1. The van der Waals surface area contributed by atoms with Gasteiger partial charge < -0.3 is 9.84 Å². The van der Waals surface area contributed by atoms with Gasteiger partial charge in [-0.25, -0.2) is 8.42 Å². The highest BCUT2D eigenvalue weighted by Gasteiger charge is 2.26. The summed E-state index contributed by atoms with van der Waals surface area (Å²) in [4.78, 5) is 0.